The Bertz CT molecular complexity index is 3120. The van der Waals surface area contributed by atoms with Crippen LogP contribution in [0.3, 0.4) is 0 Å². The molecule has 0 fully saturated rings. The molecule has 4 heteroatoms. The second kappa shape index (κ2) is 14.5. The van der Waals surface area contributed by atoms with Gasteiger partial charge in [0.15, 0.2) is 17.5 Å². The molecule has 1 aliphatic carbocycles. The number of aromatic nitrogens is 3. The molecule has 290 valence electrons. The lowest BCUT2D eigenvalue weighted by molar-refractivity contribution is 0.753. The molecule has 2 heterocycles. The standard InChI is InChI=1S/C58H38N4/c1-4-16-39(17-5-1)41-28-32-43(33-29-41)55-59-56(44-34-30-42(31-35-44)40-18-6-2-7-19-40)61-57(60-55)45-36-37-54-52(38-45)58(49-24-12-10-22-47(49)48-23-11-13-25-50(48)58)51-26-14-15-27-53(51)62(54)46-20-8-3-9-21-46/h1-38H. The molecular weight excluding hydrogens is 753 g/mol. The second-order valence-electron chi connectivity index (χ2n) is 16.0. The van der Waals surface area contributed by atoms with E-state index in [9.17, 15) is 0 Å². The molecule has 10 aromatic rings. The van der Waals surface area contributed by atoms with E-state index in [-0.39, 0.29) is 0 Å². The number of fused-ring (bicyclic) bond motifs is 9. The van der Waals surface area contributed by atoms with E-state index in [4.69, 9.17) is 15.0 Å². The number of para-hydroxylation sites is 2. The molecule has 9 aromatic carbocycles. The summed E-state index contributed by atoms with van der Waals surface area (Å²) >= 11 is 0. The van der Waals surface area contributed by atoms with Crippen LogP contribution in [0.4, 0.5) is 17.1 Å². The molecule has 1 aromatic heterocycles. The van der Waals surface area contributed by atoms with Crippen molar-refractivity contribution in [1.82, 2.24) is 15.0 Å². The maximum Gasteiger partial charge on any atom is 0.164 e. The van der Waals surface area contributed by atoms with Crippen molar-refractivity contribution >= 4 is 17.1 Å². The zero-order valence-corrected chi connectivity index (χ0v) is 33.7. The Hall–Kier alpha value is -8.21. The molecule has 0 amide bonds. The third kappa shape index (κ3) is 5.65. The maximum absolute atomic E-state index is 5.31. The summed E-state index contributed by atoms with van der Waals surface area (Å²) in [5.41, 5.74) is 17.6. The van der Waals surface area contributed by atoms with Crippen LogP contribution in [0.5, 0.6) is 0 Å². The molecule has 0 radical (unpaired) electrons. The van der Waals surface area contributed by atoms with Gasteiger partial charge < -0.3 is 4.90 Å². The normalized spacial score (nSPS) is 12.9. The van der Waals surface area contributed by atoms with E-state index in [0.717, 1.165) is 44.9 Å². The smallest absolute Gasteiger partial charge is 0.164 e. The van der Waals surface area contributed by atoms with E-state index in [2.05, 4.69) is 223 Å². The van der Waals surface area contributed by atoms with Crippen LogP contribution in [-0.4, -0.2) is 15.0 Å². The third-order valence-electron chi connectivity index (χ3n) is 12.6. The minimum Gasteiger partial charge on any atom is -0.310 e. The molecule has 0 N–H and O–H groups in total. The summed E-state index contributed by atoms with van der Waals surface area (Å²) < 4.78 is 0. The minimum absolute atomic E-state index is 0.598. The van der Waals surface area contributed by atoms with Crippen molar-refractivity contribution < 1.29 is 0 Å². The highest BCUT2D eigenvalue weighted by Gasteiger charge is 2.51. The molecule has 12 rings (SSSR count). The number of hydrogen-bond donors (Lipinski definition) is 0. The summed E-state index contributed by atoms with van der Waals surface area (Å²) in [5, 5.41) is 0. The SMILES string of the molecule is c1ccc(-c2ccc(-c3nc(-c4ccc(-c5ccccc5)cc4)nc(-c4ccc5c(c4)C4(c6ccccc6-c6ccccc64)c4ccccc4N5c4ccccc4)n3)cc2)cc1. The van der Waals surface area contributed by atoms with Crippen molar-refractivity contribution in [2.45, 2.75) is 5.41 Å². The molecule has 0 saturated heterocycles. The zero-order chi connectivity index (χ0) is 41.0. The summed E-state index contributed by atoms with van der Waals surface area (Å²) in [7, 11) is 0. The quantitative estimate of drug-likeness (QED) is 0.168. The lowest BCUT2D eigenvalue weighted by atomic mass is 9.64. The van der Waals surface area contributed by atoms with Gasteiger partial charge in [-0.2, -0.15) is 0 Å². The van der Waals surface area contributed by atoms with Gasteiger partial charge in [-0.3, -0.25) is 0 Å². The van der Waals surface area contributed by atoms with Gasteiger partial charge >= 0.3 is 0 Å². The predicted octanol–water partition coefficient (Wildman–Crippen LogP) is 14.4. The highest BCUT2D eigenvalue weighted by molar-refractivity contribution is 5.96. The first-order valence-electron chi connectivity index (χ1n) is 21.1. The van der Waals surface area contributed by atoms with Gasteiger partial charge in [0.05, 0.1) is 16.8 Å². The van der Waals surface area contributed by atoms with Crippen LogP contribution in [0, 0.1) is 0 Å². The van der Waals surface area contributed by atoms with Gasteiger partial charge in [-0.25, -0.2) is 15.0 Å². The van der Waals surface area contributed by atoms with Gasteiger partial charge in [0.1, 0.15) is 0 Å². The molecule has 1 aliphatic heterocycles. The highest BCUT2D eigenvalue weighted by Crippen LogP contribution is 2.63. The Morgan fingerprint density at radius 2 is 0.645 bits per heavy atom. The Morgan fingerprint density at radius 3 is 1.18 bits per heavy atom. The summed E-state index contributed by atoms with van der Waals surface area (Å²) in [4.78, 5) is 18.2. The molecule has 62 heavy (non-hydrogen) atoms. The summed E-state index contributed by atoms with van der Waals surface area (Å²) in [6.45, 7) is 0. The minimum atomic E-state index is -0.598. The summed E-state index contributed by atoms with van der Waals surface area (Å²) in [5.74, 6) is 1.86. The fraction of sp³-hybridized carbons (Fsp3) is 0.0172. The van der Waals surface area contributed by atoms with E-state index in [0.29, 0.717) is 17.5 Å². The average Bonchev–Trinajstić information content (AvgIpc) is 3.65. The molecule has 0 unspecified atom stereocenters. The monoisotopic (exact) mass is 790 g/mol. The third-order valence-corrected chi connectivity index (χ3v) is 12.6. The van der Waals surface area contributed by atoms with Gasteiger partial charge in [-0.15, -0.1) is 0 Å². The fourth-order valence-corrected chi connectivity index (χ4v) is 9.75. The van der Waals surface area contributed by atoms with Crippen molar-refractivity contribution in [2.75, 3.05) is 4.90 Å². The molecule has 4 nitrogen and oxygen atoms in total. The Kier molecular flexibility index (Phi) is 8.36. The van der Waals surface area contributed by atoms with Crippen LogP contribution < -0.4 is 4.90 Å². The van der Waals surface area contributed by atoms with Crippen LogP contribution in [-0.2, 0) is 5.41 Å². The summed E-state index contributed by atoms with van der Waals surface area (Å²) in [6, 6.07) is 82.2. The molecule has 0 saturated carbocycles. The van der Waals surface area contributed by atoms with Gasteiger partial charge in [-0.05, 0) is 92.0 Å². The molecular formula is C58H38N4. The zero-order valence-electron chi connectivity index (χ0n) is 33.7. The van der Waals surface area contributed by atoms with Gasteiger partial charge in [0, 0.05) is 22.4 Å². The Labute approximate surface area is 361 Å². The van der Waals surface area contributed by atoms with Crippen molar-refractivity contribution in [3.63, 3.8) is 0 Å². The first kappa shape index (κ1) is 35.7. The lowest BCUT2D eigenvalue weighted by Crippen LogP contribution is -2.36. The second-order valence-corrected chi connectivity index (χ2v) is 16.0. The van der Waals surface area contributed by atoms with Gasteiger partial charge in [0.25, 0.3) is 0 Å². The van der Waals surface area contributed by atoms with Crippen LogP contribution in [0.15, 0.2) is 231 Å². The van der Waals surface area contributed by atoms with Crippen LogP contribution >= 0.6 is 0 Å². The van der Waals surface area contributed by atoms with Crippen molar-refractivity contribution in [3.05, 3.63) is 253 Å². The lowest BCUT2D eigenvalue weighted by Gasteiger charge is -2.45. The molecule has 2 aliphatic rings. The van der Waals surface area contributed by atoms with E-state index in [1.807, 2.05) is 12.1 Å². The van der Waals surface area contributed by atoms with Crippen LogP contribution in [0.2, 0.25) is 0 Å². The van der Waals surface area contributed by atoms with Crippen LogP contribution in [0.25, 0.3) is 67.5 Å². The Morgan fingerprint density at radius 1 is 0.274 bits per heavy atom. The highest BCUT2D eigenvalue weighted by atomic mass is 15.2. The van der Waals surface area contributed by atoms with Gasteiger partial charge in [-0.1, -0.05) is 194 Å². The van der Waals surface area contributed by atoms with Gasteiger partial charge in [0.2, 0.25) is 0 Å². The van der Waals surface area contributed by atoms with Crippen molar-refractivity contribution in [1.29, 1.82) is 0 Å². The topological polar surface area (TPSA) is 41.9 Å². The maximum atomic E-state index is 5.31. The summed E-state index contributed by atoms with van der Waals surface area (Å²) in [6.07, 6.45) is 0. The number of anilines is 3. The average molecular weight is 791 g/mol. The predicted molar refractivity (Wildman–Crippen MR) is 253 cm³/mol. The first-order chi connectivity index (χ1) is 30.7. The number of benzene rings is 9. The van der Waals surface area contributed by atoms with E-state index < -0.39 is 5.41 Å². The van der Waals surface area contributed by atoms with E-state index in [1.165, 1.54) is 44.5 Å². The van der Waals surface area contributed by atoms with E-state index >= 15 is 0 Å². The molecule has 0 atom stereocenters. The van der Waals surface area contributed by atoms with E-state index in [1.54, 1.807) is 0 Å². The number of rotatable bonds is 6. The van der Waals surface area contributed by atoms with Crippen molar-refractivity contribution in [3.8, 4) is 67.5 Å². The fourth-order valence-electron chi connectivity index (χ4n) is 9.75. The largest absolute Gasteiger partial charge is 0.310 e. The first-order valence-corrected chi connectivity index (χ1v) is 21.1. The molecule has 0 bridgehead atoms. The van der Waals surface area contributed by atoms with Crippen LogP contribution in [0.1, 0.15) is 22.3 Å². The number of hydrogen-bond acceptors (Lipinski definition) is 4. The molecule has 1 spiro atoms. The Balaban J connectivity index is 1.09. The number of nitrogens with zero attached hydrogens (tertiary/aromatic N) is 4. The van der Waals surface area contributed by atoms with Crippen molar-refractivity contribution in [2.24, 2.45) is 0 Å².